The quantitative estimate of drug-likeness (QED) is 0.114. The first-order valence-electron chi connectivity index (χ1n) is 18.2. The zero-order chi connectivity index (χ0) is 44.4. The standard InChI is InChI=1S/C30H90N18P7/c1-34(2)49(31-53(37(7)8,38(9)10,39(11)12)40(13)14)52(50(35(3)4)32-54(41(15)16,42(17)18,43(19)20)44(21)22)51(36(5)6)33-55(45(23)24,46(25)26,47(27)28)48(29)30/h1-30H3/q+3. The molecule has 0 bridgehead atoms. The van der Waals surface area contributed by atoms with E-state index in [4.69, 9.17) is 13.5 Å². The monoisotopic (exact) mass is 920 g/mol. The Labute approximate surface area is 345 Å². The van der Waals surface area contributed by atoms with Gasteiger partial charge in [-0.3, -0.25) is 0 Å². The van der Waals surface area contributed by atoms with Gasteiger partial charge in [-0.25, -0.2) is 0 Å². The van der Waals surface area contributed by atoms with Crippen LogP contribution in [0.15, 0.2) is 13.5 Å². The predicted molar refractivity (Wildman–Crippen MR) is 261 cm³/mol. The molecule has 3 unspecified atom stereocenters. The number of rotatable bonds is 21. The fraction of sp³-hybridized carbons (Fsp3) is 1.00. The first-order chi connectivity index (χ1) is 24.6. The summed E-state index contributed by atoms with van der Waals surface area (Å²) >= 11 is 0. The Kier molecular flexibility index (Phi) is 20.1. The number of nitrogens with zero attached hydrogens (tertiary/aromatic N) is 18. The van der Waals surface area contributed by atoms with E-state index in [9.17, 15) is 0 Å². The third kappa shape index (κ3) is 8.14. The normalized spacial score (nSPS) is 18.3. The second-order valence-electron chi connectivity index (χ2n) is 16.7. The van der Waals surface area contributed by atoms with Crippen LogP contribution < -0.4 is 0 Å². The van der Waals surface area contributed by atoms with Crippen LogP contribution >= 0.6 is 51.7 Å². The summed E-state index contributed by atoms with van der Waals surface area (Å²) in [4.78, 5) is 0. The van der Waals surface area contributed by atoms with Gasteiger partial charge in [-0.1, -0.05) is 0 Å². The van der Waals surface area contributed by atoms with Gasteiger partial charge in [-0.15, -0.1) is 0 Å². The Bertz CT molecular complexity index is 1090. The summed E-state index contributed by atoms with van der Waals surface area (Å²) in [5.41, 5.74) is 0. The molecule has 3 atom stereocenters. The summed E-state index contributed by atoms with van der Waals surface area (Å²) in [5.74, 6) is 0. The van der Waals surface area contributed by atoms with Crippen LogP contribution in [0.5, 0.6) is 0 Å². The third-order valence-corrected chi connectivity index (χ3v) is 53.8. The Morgan fingerprint density at radius 1 is 0.236 bits per heavy atom. The Hall–Kier alpha value is 1.42. The Balaban J connectivity index is 10.5. The molecule has 0 heterocycles. The summed E-state index contributed by atoms with van der Waals surface area (Å²) in [6.07, 6.45) is 0. The molecule has 0 N–H and O–H groups in total. The van der Waals surface area contributed by atoms with Crippen LogP contribution in [0.2, 0.25) is 0 Å². The average Bonchev–Trinajstić information content (AvgIpc) is 2.99. The van der Waals surface area contributed by atoms with Crippen molar-refractivity contribution in [1.82, 2.24) is 70.1 Å². The molecule has 0 rings (SSSR count). The van der Waals surface area contributed by atoms with Crippen LogP contribution in [-0.4, -0.2) is 281 Å². The van der Waals surface area contributed by atoms with Crippen LogP contribution in [0.3, 0.4) is 0 Å². The van der Waals surface area contributed by atoms with E-state index in [1.807, 2.05) is 0 Å². The van der Waals surface area contributed by atoms with Gasteiger partial charge in [0.15, 0.2) is 0 Å². The van der Waals surface area contributed by atoms with E-state index in [-0.39, 0.29) is 0 Å². The van der Waals surface area contributed by atoms with Gasteiger partial charge in [0.1, 0.15) is 0 Å². The van der Waals surface area contributed by atoms with Crippen molar-refractivity contribution < 1.29 is 0 Å². The van der Waals surface area contributed by atoms with E-state index < -0.39 is 51.7 Å². The van der Waals surface area contributed by atoms with Crippen molar-refractivity contribution in [3.05, 3.63) is 0 Å². The molecule has 25 heteroatoms. The van der Waals surface area contributed by atoms with Crippen LogP contribution in [0.4, 0.5) is 0 Å². The SMILES string of the molecule is CN(C)[P+](=NP(N(C)C)(N(C)C)(N(C)C)N(C)C)P([P+](=NP(N(C)C)(N(C)C)(N(C)C)N(C)C)N(C)C)[P+](=NP(N(C)C)(N(C)C)(N(C)C)N(C)C)N(C)C. The van der Waals surface area contributed by atoms with Gasteiger partial charge in [0.25, 0.3) is 0 Å². The van der Waals surface area contributed by atoms with Gasteiger partial charge in [0.2, 0.25) is 0 Å². The second kappa shape index (κ2) is 19.6. The van der Waals surface area contributed by atoms with Gasteiger partial charge in [-0.05, 0) is 0 Å². The summed E-state index contributed by atoms with van der Waals surface area (Å²) in [5, 5.41) is 0. The van der Waals surface area contributed by atoms with Gasteiger partial charge in [-0.2, -0.15) is 0 Å². The van der Waals surface area contributed by atoms with Crippen molar-refractivity contribution in [1.29, 1.82) is 0 Å². The topological polar surface area (TPSA) is 85.7 Å². The van der Waals surface area contributed by atoms with Crippen LogP contribution in [0.1, 0.15) is 0 Å². The van der Waals surface area contributed by atoms with Gasteiger partial charge in [0, 0.05) is 0 Å². The van der Waals surface area contributed by atoms with Crippen LogP contribution in [0, 0.1) is 0 Å². The molecule has 0 aliphatic heterocycles. The maximum atomic E-state index is 6.44. The van der Waals surface area contributed by atoms with Crippen molar-refractivity contribution in [2.45, 2.75) is 0 Å². The van der Waals surface area contributed by atoms with E-state index in [1.165, 1.54) is 0 Å². The van der Waals surface area contributed by atoms with Gasteiger partial charge < -0.3 is 0 Å². The van der Waals surface area contributed by atoms with Crippen molar-refractivity contribution in [3.8, 4) is 0 Å². The first-order valence-corrected chi connectivity index (χ1v) is 31.4. The van der Waals surface area contributed by atoms with Gasteiger partial charge >= 0.3 is 347 Å². The molecule has 55 heavy (non-hydrogen) atoms. The molecular formula is C30H90N18P7+3. The van der Waals surface area contributed by atoms with E-state index >= 15 is 0 Å². The fourth-order valence-electron chi connectivity index (χ4n) is 8.87. The fourth-order valence-corrected chi connectivity index (χ4v) is 65.3. The molecule has 0 aliphatic rings. The zero-order valence-corrected chi connectivity index (χ0v) is 47.4. The molecule has 0 aliphatic carbocycles. The Morgan fingerprint density at radius 2 is 0.345 bits per heavy atom. The molecule has 0 aromatic rings. The average molecular weight is 920 g/mol. The minimum atomic E-state index is -3.56. The number of hydrogen-bond donors (Lipinski definition) is 0. The molecule has 18 nitrogen and oxygen atoms in total. The molecule has 0 aromatic heterocycles. The van der Waals surface area contributed by atoms with Crippen molar-refractivity contribution in [2.75, 3.05) is 211 Å². The first kappa shape index (κ1) is 56.4. The molecule has 0 saturated heterocycles. The summed E-state index contributed by atoms with van der Waals surface area (Å²) < 4.78 is 55.1. The van der Waals surface area contributed by atoms with Crippen molar-refractivity contribution >= 4 is 51.7 Å². The Morgan fingerprint density at radius 3 is 0.418 bits per heavy atom. The summed E-state index contributed by atoms with van der Waals surface area (Å²) in [6, 6.07) is 0. The number of hydrogen-bond acceptors (Lipinski definition) is 15. The zero-order valence-electron chi connectivity index (χ0n) is 41.2. The second-order valence-corrected chi connectivity index (χ2v) is 48.1. The molecule has 0 spiro atoms. The maximum absolute atomic E-state index is 6.44. The summed E-state index contributed by atoms with van der Waals surface area (Å²) in [6.45, 7) is -1.20. The van der Waals surface area contributed by atoms with E-state index in [0.29, 0.717) is 0 Å². The molecule has 0 fully saturated rings. The summed E-state index contributed by atoms with van der Waals surface area (Å²) in [7, 11) is 51.3. The molecule has 0 radical (unpaired) electrons. The minimum absolute atomic E-state index is 1.20. The van der Waals surface area contributed by atoms with Crippen molar-refractivity contribution in [2.24, 2.45) is 13.5 Å². The van der Waals surface area contributed by atoms with E-state index in [2.05, 4.69) is 281 Å². The van der Waals surface area contributed by atoms with E-state index in [0.717, 1.165) is 0 Å². The van der Waals surface area contributed by atoms with Crippen molar-refractivity contribution in [3.63, 3.8) is 0 Å². The molecule has 0 saturated carbocycles. The van der Waals surface area contributed by atoms with E-state index in [1.54, 1.807) is 0 Å². The molecule has 0 aromatic carbocycles. The van der Waals surface area contributed by atoms with Crippen LogP contribution in [-0.2, 0) is 0 Å². The molecular weight excluding hydrogens is 829 g/mol. The molecule has 0 amide bonds. The van der Waals surface area contributed by atoms with Gasteiger partial charge in [0.05, 0.1) is 0 Å². The predicted octanol–water partition coefficient (Wildman–Crippen LogP) is 6.76. The van der Waals surface area contributed by atoms with Crippen LogP contribution in [0.25, 0.3) is 0 Å². The molecule has 332 valence electrons. The third-order valence-electron chi connectivity index (χ3n) is 10.9.